The number of amides is 1. The van der Waals surface area contributed by atoms with E-state index in [9.17, 15) is 9.59 Å². The number of carbonyl (C=O) groups is 2. The Morgan fingerprint density at radius 2 is 2.09 bits per heavy atom. The van der Waals surface area contributed by atoms with Crippen LogP contribution in [0.25, 0.3) is 0 Å². The predicted molar refractivity (Wildman–Crippen MR) is 87.9 cm³/mol. The smallest absolute Gasteiger partial charge is 0.313 e. The normalized spacial score (nSPS) is 17.0. The second-order valence-electron chi connectivity index (χ2n) is 5.30. The van der Waals surface area contributed by atoms with Gasteiger partial charge in [0.05, 0.1) is 18.1 Å². The van der Waals surface area contributed by atoms with Crippen molar-refractivity contribution in [3.8, 4) is 5.75 Å². The molecule has 1 atom stereocenters. The summed E-state index contributed by atoms with van der Waals surface area (Å²) in [5.74, 6) is 0.00265. The number of nitrogens with one attached hydrogen (secondary N) is 1. The summed E-state index contributed by atoms with van der Waals surface area (Å²) in [7, 11) is 0. The number of hydrogen-bond acceptors (Lipinski definition) is 5. The van der Waals surface area contributed by atoms with E-state index in [1.807, 2.05) is 5.38 Å². The molecule has 1 aliphatic heterocycles. The Morgan fingerprint density at radius 1 is 1.26 bits per heavy atom. The number of rotatable bonds is 5. The largest absolute Gasteiger partial charge is 0.426 e. The zero-order valence-electron chi connectivity index (χ0n) is 12.5. The summed E-state index contributed by atoms with van der Waals surface area (Å²) in [6, 6.07) is 8.51. The van der Waals surface area contributed by atoms with Crippen LogP contribution in [0.2, 0.25) is 0 Å². The fraction of sp³-hybridized carbons (Fsp3) is 0.294. The van der Waals surface area contributed by atoms with Gasteiger partial charge in [0.1, 0.15) is 5.75 Å². The zero-order valence-corrected chi connectivity index (χ0v) is 13.3. The first kappa shape index (κ1) is 15.7. The van der Waals surface area contributed by atoms with Gasteiger partial charge in [0.15, 0.2) is 0 Å². The van der Waals surface area contributed by atoms with Gasteiger partial charge in [0.25, 0.3) is 5.91 Å². The second-order valence-corrected chi connectivity index (χ2v) is 6.08. The van der Waals surface area contributed by atoms with Crippen LogP contribution in [0.5, 0.6) is 5.75 Å². The van der Waals surface area contributed by atoms with Gasteiger partial charge in [0.2, 0.25) is 0 Å². The van der Waals surface area contributed by atoms with E-state index in [-0.39, 0.29) is 24.4 Å². The Balaban J connectivity index is 1.52. The van der Waals surface area contributed by atoms with Crippen molar-refractivity contribution in [3.05, 3.63) is 46.7 Å². The highest BCUT2D eigenvalue weighted by atomic mass is 32.1. The van der Waals surface area contributed by atoms with E-state index in [0.29, 0.717) is 17.0 Å². The number of thiophene rings is 1. The Bertz CT molecular complexity index is 660. The van der Waals surface area contributed by atoms with Crippen LogP contribution >= 0.6 is 11.3 Å². The molecule has 0 spiro atoms. The van der Waals surface area contributed by atoms with E-state index in [2.05, 4.69) is 5.32 Å². The molecule has 1 aliphatic rings. The predicted octanol–water partition coefficient (Wildman–Crippen LogP) is 3.47. The first-order chi connectivity index (χ1) is 11.2. The van der Waals surface area contributed by atoms with Crippen LogP contribution in [0.15, 0.2) is 41.1 Å². The summed E-state index contributed by atoms with van der Waals surface area (Å²) in [5.41, 5.74) is 1.28. The lowest BCUT2D eigenvalue weighted by atomic mass is 10.2. The first-order valence-corrected chi connectivity index (χ1v) is 8.41. The molecule has 1 fully saturated rings. The molecule has 1 aromatic heterocycles. The lowest BCUT2D eigenvalue weighted by molar-refractivity contribution is -0.136. The molecule has 120 valence electrons. The maximum Gasteiger partial charge on any atom is 0.313 e. The maximum atomic E-state index is 11.9. The third-order valence-corrected chi connectivity index (χ3v) is 4.23. The highest BCUT2D eigenvalue weighted by Crippen LogP contribution is 2.20. The molecular weight excluding hydrogens is 314 g/mol. The Morgan fingerprint density at radius 3 is 2.74 bits per heavy atom. The summed E-state index contributed by atoms with van der Waals surface area (Å²) in [6.45, 7) is 0.719. The van der Waals surface area contributed by atoms with Crippen LogP contribution in [0, 0.1) is 0 Å². The molecule has 0 radical (unpaired) electrons. The standard InChI is InChI=1S/C17H17NO4S/c19-16(10-15-2-1-8-21-15)22-14-5-3-13(4-6-14)18-17(20)12-7-9-23-11-12/h3-7,9,11,15H,1-2,8,10H2,(H,18,20)/t15-/m1/s1. The molecule has 0 unspecified atom stereocenters. The monoisotopic (exact) mass is 331 g/mol. The minimum atomic E-state index is -0.299. The Labute approximate surface area is 138 Å². The van der Waals surface area contributed by atoms with E-state index in [1.54, 1.807) is 35.7 Å². The number of hydrogen-bond donors (Lipinski definition) is 1. The number of carbonyl (C=O) groups excluding carboxylic acids is 2. The van der Waals surface area contributed by atoms with E-state index < -0.39 is 0 Å². The van der Waals surface area contributed by atoms with Crippen molar-refractivity contribution in [1.29, 1.82) is 0 Å². The zero-order chi connectivity index (χ0) is 16.1. The summed E-state index contributed by atoms with van der Waals surface area (Å²) in [6.07, 6.45) is 2.15. The van der Waals surface area contributed by atoms with Gasteiger partial charge in [-0.15, -0.1) is 0 Å². The average Bonchev–Trinajstić information content (AvgIpc) is 3.22. The minimum absolute atomic E-state index is 0.0216. The minimum Gasteiger partial charge on any atom is -0.426 e. The lowest BCUT2D eigenvalue weighted by Gasteiger charge is -2.09. The van der Waals surface area contributed by atoms with Crippen molar-refractivity contribution in [2.24, 2.45) is 0 Å². The van der Waals surface area contributed by atoms with Gasteiger partial charge in [0, 0.05) is 17.7 Å². The van der Waals surface area contributed by atoms with Crippen molar-refractivity contribution in [3.63, 3.8) is 0 Å². The fourth-order valence-corrected chi connectivity index (χ4v) is 3.00. The van der Waals surface area contributed by atoms with Crippen molar-refractivity contribution in [2.45, 2.75) is 25.4 Å². The number of ether oxygens (including phenoxy) is 2. The molecule has 0 aliphatic carbocycles. The molecule has 2 aromatic rings. The van der Waals surface area contributed by atoms with E-state index in [1.165, 1.54) is 11.3 Å². The SMILES string of the molecule is O=C(C[C@H]1CCCO1)Oc1ccc(NC(=O)c2ccsc2)cc1. The molecule has 5 nitrogen and oxygen atoms in total. The molecule has 23 heavy (non-hydrogen) atoms. The molecule has 1 amide bonds. The summed E-state index contributed by atoms with van der Waals surface area (Å²) in [5, 5.41) is 6.43. The maximum absolute atomic E-state index is 11.9. The van der Waals surface area contributed by atoms with E-state index in [4.69, 9.17) is 9.47 Å². The van der Waals surface area contributed by atoms with Gasteiger partial charge < -0.3 is 14.8 Å². The number of anilines is 1. The molecule has 1 aromatic carbocycles. The molecule has 0 bridgehead atoms. The van der Waals surface area contributed by atoms with Gasteiger partial charge in [-0.05, 0) is 48.6 Å². The van der Waals surface area contributed by atoms with Crippen LogP contribution in [0.4, 0.5) is 5.69 Å². The highest BCUT2D eigenvalue weighted by Gasteiger charge is 2.20. The van der Waals surface area contributed by atoms with Gasteiger partial charge in [-0.3, -0.25) is 9.59 Å². The third kappa shape index (κ3) is 4.40. The number of benzene rings is 1. The third-order valence-electron chi connectivity index (χ3n) is 3.55. The van der Waals surface area contributed by atoms with Crippen LogP contribution < -0.4 is 10.1 Å². The average molecular weight is 331 g/mol. The first-order valence-electron chi connectivity index (χ1n) is 7.46. The molecule has 1 saturated heterocycles. The Kier molecular flexibility index (Phi) is 5.05. The topological polar surface area (TPSA) is 64.6 Å². The molecule has 0 saturated carbocycles. The molecule has 6 heteroatoms. The van der Waals surface area contributed by atoms with Crippen molar-refractivity contribution >= 4 is 28.9 Å². The van der Waals surface area contributed by atoms with Crippen molar-refractivity contribution in [2.75, 3.05) is 11.9 Å². The molecular formula is C17H17NO4S. The van der Waals surface area contributed by atoms with Crippen LogP contribution in [0.3, 0.4) is 0 Å². The van der Waals surface area contributed by atoms with E-state index in [0.717, 1.165) is 19.4 Å². The van der Waals surface area contributed by atoms with Gasteiger partial charge in [-0.2, -0.15) is 11.3 Å². The lowest BCUT2D eigenvalue weighted by Crippen LogP contribution is -2.17. The van der Waals surface area contributed by atoms with Crippen LogP contribution in [-0.2, 0) is 9.53 Å². The molecule has 2 heterocycles. The Hall–Kier alpha value is -2.18. The van der Waals surface area contributed by atoms with Gasteiger partial charge in [-0.25, -0.2) is 0 Å². The van der Waals surface area contributed by atoms with Crippen LogP contribution in [-0.4, -0.2) is 24.6 Å². The van der Waals surface area contributed by atoms with Gasteiger partial charge in [-0.1, -0.05) is 0 Å². The molecule has 3 rings (SSSR count). The quantitative estimate of drug-likeness (QED) is 0.673. The van der Waals surface area contributed by atoms with Crippen LogP contribution in [0.1, 0.15) is 29.6 Å². The second kappa shape index (κ2) is 7.39. The summed E-state index contributed by atoms with van der Waals surface area (Å²) >= 11 is 1.47. The van der Waals surface area contributed by atoms with Crippen molar-refractivity contribution < 1.29 is 19.1 Å². The molecule has 1 N–H and O–H groups in total. The summed E-state index contributed by atoms with van der Waals surface area (Å²) < 4.78 is 10.7. The highest BCUT2D eigenvalue weighted by molar-refractivity contribution is 7.08. The van der Waals surface area contributed by atoms with E-state index >= 15 is 0 Å². The summed E-state index contributed by atoms with van der Waals surface area (Å²) in [4.78, 5) is 23.7. The number of esters is 1. The fourth-order valence-electron chi connectivity index (χ4n) is 2.37. The van der Waals surface area contributed by atoms with Gasteiger partial charge >= 0.3 is 5.97 Å². The van der Waals surface area contributed by atoms with Crippen molar-refractivity contribution in [1.82, 2.24) is 0 Å².